The third kappa shape index (κ3) is 7.87. The Labute approximate surface area is 227 Å². The molecular weight excluding hydrogens is 505 g/mol. The van der Waals surface area contributed by atoms with E-state index in [4.69, 9.17) is 9.84 Å². The number of carboxylic acid groups (broad SMARTS) is 1. The molecule has 3 aromatic rings. The van der Waals surface area contributed by atoms with E-state index in [1.165, 1.54) is 12.1 Å². The zero-order chi connectivity index (χ0) is 28.7. The van der Waals surface area contributed by atoms with Gasteiger partial charge < -0.3 is 25.4 Å². The minimum absolute atomic E-state index is 0.0965. The number of methoxy groups -OCH3 is 1. The molecule has 0 bridgehead atoms. The van der Waals surface area contributed by atoms with Gasteiger partial charge >= 0.3 is 5.97 Å². The molecule has 0 aliphatic carbocycles. The molecule has 1 aromatic heterocycles. The summed E-state index contributed by atoms with van der Waals surface area (Å²) in [6.07, 6.45) is -2.21. The summed E-state index contributed by atoms with van der Waals surface area (Å²) in [5, 5.41) is 36.9. The van der Waals surface area contributed by atoms with Crippen molar-refractivity contribution in [3.05, 3.63) is 76.9 Å². The number of carbonyl (C=O) groups is 2. The van der Waals surface area contributed by atoms with Crippen LogP contribution in [-0.4, -0.2) is 56.3 Å². The number of nitrogens with one attached hydrogen (secondary N) is 1. The number of hydrogen-bond acceptors (Lipinski definition) is 6. The molecule has 1 amide bonds. The molecule has 3 rings (SSSR count). The van der Waals surface area contributed by atoms with Crippen molar-refractivity contribution in [3.8, 4) is 11.4 Å². The van der Waals surface area contributed by atoms with E-state index in [0.29, 0.717) is 29.1 Å². The van der Waals surface area contributed by atoms with Crippen molar-refractivity contribution in [1.82, 2.24) is 15.1 Å². The van der Waals surface area contributed by atoms with Crippen molar-refractivity contribution >= 4 is 11.9 Å². The van der Waals surface area contributed by atoms with Crippen LogP contribution in [0.25, 0.3) is 5.69 Å². The molecule has 0 saturated heterocycles. The summed E-state index contributed by atoms with van der Waals surface area (Å²) in [7, 11) is 1.58. The molecule has 0 radical (unpaired) electrons. The van der Waals surface area contributed by atoms with Crippen LogP contribution in [0, 0.1) is 5.82 Å². The summed E-state index contributed by atoms with van der Waals surface area (Å²) in [4.78, 5) is 24.4. The van der Waals surface area contributed by atoms with Crippen molar-refractivity contribution in [3.63, 3.8) is 0 Å². The molecule has 3 atom stereocenters. The number of rotatable bonds is 13. The van der Waals surface area contributed by atoms with Crippen LogP contribution in [0.4, 0.5) is 4.39 Å². The first-order valence-corrected chi connectivity index (χ1v) is 12.9. The van der Waals surface area contributed by atoms with E-state index in [1.807, 2.05) is 45.0 Å². The van der Waals surface area contributed by atoms with Gasteiger partial charge in [-0.05, 0) is 74.1 Å². The summed E-state index contributed by atoms with van der Waals surface area (Å²) in [6.45, 7) is 5.74. The topological polar surface area (TPSA) is 134 Å². The molecule has 210 valence electrons. The van der Waals surface area contributed by atoms with Crippen LogP contribution in [0.15, 0.2) is 48.5 Å². The Bertz CT molecular complexity index is 1260. The molecule has 0 fully saturated rings. The third-order valence-corrected chi connectivity index (χ3v) is 6.52. The van der Waals surface area contributed by atoms with E-state index >= 15 is 0 Å². The summed E-state index contributed by atoms with van der Waals surface area (Å²) in [5.74, 6) is -1.33. The second-order valence-electron chi connectivity index (χ2n) is 9.90. The Hall–Kier alpha value is -3.76. The minimum atomic E-state index is -1.18. The van der Waals surface area contributed by atoms with E-state index < -0.39 is 30.4 Å². The Balaban J connectivity index is 1.92. The van der Waals surface area contributed by atoms with Gasteiger partial charge in [0.2, 0.25) is 0 Å². The summed E-state index contributed by atoms with van der Waals surface area (Å²) in [5.41, 5.74) is 3.03. The standard InChI is InChI=1S/C29H36FN3O6/c1-17(2)27-25(14-11-22(34)15-23(35)16-26(36)37)33(21-9-7-20(30)8-10-21)32-28(27)29(38)31-18(3)19-5-12-24(39-4)13-6-19/h5-10,12-13,17-18,22-23,34-35H,11,14-16H2,1-4H3,(H,31,38)(H,36,37)/t18?,22-,23-/m1/s1. The van der Waals surface area contributed by atoms with Crippen molar-refractivity contribution in [2.75, 3.05) is 7.11 Å². The number of carboxylic acids is 1. The number of aromatic nitrogens is 2. The maximum Gasteiger partial charge on any atom is 0.305 e. The number of hydrogen-bond donors (Lipinski definition) is 4. The van der Waals surface area contributed by atoms with E-state index in [9.17, 15) is 24.2 Å². The normalized spacial score (nSPS) is 13.6. The van der Waals surface area contributed by atoms with Gasteiger partial charge in [0.1, 0.15) is 11.6 Å². The number of aliphatic hydroxyl groups excluding tert-OH is 2. The average molecular weight is 542 g/mol. The molecule has 0 saturated carbocycles. The van der Waals surface area contributed by atoms with Crippen LogP contribution >= 0.6 is 0 Å². The summed E-state index contributed by atoms with van der Waals surface area (Å²) in [6, 6.07) is 12.8. The fourth-order valence-electron chi connectivity index (χ4n) is 4.54. The highest BCUT2D eigenvalue weighted by Crippen LogP contribution is 2.29. The molecule has 39 heavy (non-hydrogen) atoms. The van der Waals surface area contributed by atoms with Crippen molar-refractivity contribution < 1.29 is 34.0 Å². The monoisotopic (exact) mass is 541 g/mol. The second-order valence-corrected chi connectivity index (χ2v) is 9.90. The number of aliphatic hydroxyl groups is 2. The van der Waals surface area contributed by atoms with Gasteiger partial charge in [0.15, 0.2) is 5.69 Å². The molecule has 0 aliphatic rings. The maximum atomic E-state index is 13.7. The van der Waals surface area contributed by atoms with E-state index in [0.717, 1.165) is 5.56 Å². The van der Waals surface area contributed by atoms with Gasteiger partial charge in [-0.2, -0.15) is 5.10 Å². The van der Waals surface area contributed by atoms with Crippen molar-refractivity contribution in [2.45, 2.75) is 70.6 Å². The smallest absolute Gasteiger partial charge is 0.305 e. The van der Waals surface area contributed by atoms with Gasteiger partial charge in [-0.1, -0.05) is 26.0 Å². The Morgan fingerprint density at radius 3 is 2.23 bits per heavy atom. The predicted octanol–water partition coefficient (Wildman–Crippen LogP) is 4.15. The van der Waals surface area contributed by atoms with Crippen LogP contribution < -0.4 is 10.1 Å². The lowest BCUT2D eigenvalue weighted by Gasteiger charge is -2.17. The lowest BCUT2D eigenvalue weighted by molar-refractivity contribution is -0.139. The van der Waals surface area contributed by atoms with Gasteiger partial charge in [0.25, 0.3) is 5.91 Å². The molecule has 2 aromatic carbocycles. The Morgan fingerprint density at radius 1 is 1.03 bits per heavy atom. The van der Waals surface area contributed by atoms with E-state index in [2.05, 4.69) is 10.4 Å². The number of nitrogens with zero attached hydrogens (tertiary/aromatic N) is 2. The van der Waals surface area contributed by atoms with Crippen LogP contribution in [-0.2, 0) is 11.2 Å². The Kier molecular flexibility index (Phi) is 10.2. The molecule has 0 spiro atoms. The first kappa shape index (κ1) is 29.8. The molecule has 9 nitrogen and oxygen atoms in total. The van der Waals surface area contributed by atoms with Crippen LogP contribution in [0.2, 0.25) is 0 Å². The molecule has 1 heterocycles. The van der Waals surface area contributed by atoms with Crippen molar-refractivity contribution in [2.24, 2.45) is 0 Å². The highest BCUT2D eigenvalue weighted by Gasteiger charge is 2.27. The average Bonchev–Trinajstić information content (AvgIpc) is 3.27. The Morgan fingerprint density at radius 2 is 1.67 bits per heavy atom. The van der Waals surface area contributed by atoms with Crippen molar-refractivity contribution in [1.29, 1.82) is 0 Å². The largest absolute Gasteiger partial charge is 0.497 e. The molecular formula is C29H36FN3O6. The number of carbonyl (C=O) groups excluding carboxylic acids is 1. The quantitative estimate of drug-likeness (QED) is 0.255. The molecule has 0 aliphatic heterocycles. The SMILES string of the molecule is COc1ccc(C(C)NC(=O)c2nn(-c3ccc(F)cc3)c(CC[C@@H](O)C[C@@H](O)CC(=O)O)c2C(C)C)cc1. The molecule has 4 N–H and O–H groups in total. The zero-order valence-electron chi connectivity index (χ0n) is 22.6. The predicted molar refractivity (Wildman–Crippen MR) is 144 cm³/mol. The van der Waals surface area contributed by atoms with Gasteiger partial charge in [0.05, 0.1) is 37.5 Å². The first-order valence-electron chi connectivity index (χ1n) is 12.9. The zero-order valence-corrected chi connectivity index (χ0v) is 22.6. The number of ether oxygens (including phenoxy) is 1. The van der Waals surface area contributed by atoms with Gasteiger partial charge in [0, 0.05) is 11.3 Å². The van der Waals surface area contributed by atoms with Crippen LogP contribution in [0.5, 0.6) is 5.75 Å². The van der Waals surface area contributed by atoms with Gasteiger partial charge in [-0.3, -0.25) is 9.59 Å². The highest BCUT2D eigenvalue weighted by molar-refractivity contribution is 5.94. The fraction of sp³-hybridized carbons (Fsp3) is 0.414. The molecule has 10 heteroatoms. The lowest BCUT2D eigenvalue weighted by Crippen LogP contribution is -2.28. The summed E-state index contributed by atoms with van der Waals surface area (Å²) >= 11 is 0. The number of aliphatic carboxylic acids is 1. The maximum absolute atomic E-state index is 13.7. The van der Waals surface area contributed by atoms with Gasteiger partial charge in [-0.15, -0.1) is 0 Å². The van der Waals surface area contributed by atoms with Crippen LogP contribution in [0.1, 0.15) is 79.3 Å². The van der Waals surface area contributed by atoms with E-state index in [1.54, 1.807) is 23.9 Å². The second kappa shape index (κ2) is 13.3. The summed E-state index contributed by atoms with van der Waals surface area (Å²) < 4.78 is 20.5. The first-order chi connectivity index (χ1) is 18.5. The number of halogens is 1. The lowest BCUT2D eigenvalue weighted by atomic mass is 9.95. The highest BCUT2D eigenvalue weighted by atomic mass is 19.1. The third-order valence-electron chi connectivity index (χ3n) is 6.52. The minimum Gasteiger partial charge on any atom is -0.497 e. The number of benzene rings is 2. The van der Waals surface area contributed by atoms with E-state index in [-0.39, 0.29) is 36.4 Å². The fourth-order valence-corrected chi connectivity index (χ4v) is 4.54. The van der Waals surface area contributed by atoms with Gasteiger partial charge in [-0.25, -0.2) is 9.07 Å². The molecule has 1 unspecified atom stereocenters. The van der Waals surface area contributed by atoms with Crippen LogP contribution in [0.3, 0.4) is 0 Å². The number of amides is 1.